The van der Waals surface area contributed by atoms with E-state index in [4.69, 9.17) is 21.1 Å². The topological polar surface area (TPSA) is 115 Å². The number of ether oxygens (including phenoxy) is 2. The molecule has 9 nitrogen and oxygen atoms in total. The number of allylic oxidation sites excluding steroid dienone is 1. The summed E-state index contributed by atoms with van der Waals surface area (Å²) in [5.41, 5.74) is 0.903. The van der Waals surface area contributed by atoms with E-state index in [1.807, 2.05) is 24.0 Å². The number of sulfonamides is 1. The summed E-state index contributed by atoms with van der Waals surface area (Å²) in [5.74, 6) is -1.03. The summed E-state index contributed by atoms with van der Waals surface area (Å²) in [6.07, 6.45) is 6.81. The fourth-order valence-corrected chi connectivity index (χ4v) is 8.84. The van der Waals surface area contributed by atoms with Gasteiger partial charge in [0.05, 0.1) is 16.9 Å². The van der Waals surface area contributed by atoms with Gasteiger partial charge in [0.15, 0.2) is 17.9 Å². The maximum Gasteiger partial charge on any atom is 0.283 e. The van der Waals surface area contributed by atoms with Crippen molar-refractivity contribution >= 4 is 39.6 Å². The first-order chi connectivity index (χ1) is 21.5. The summed E-state index contributed by atoms with van der Waals surface area (Å²) in [7, 11) is -2.52. The Kier molecular flexibility index (Phi) is 8.73. The predicted octanol–water partition coefficient (Wildman–Crippen LogP) is 5.25. The van der Waals surface area contributed by atoms with E-state index in [1.165, 1.54) is 6.07 Å². The number of hydrogen-bond acceptors (Lipinski definition) is 8. The Morgan fingerprint density at radius 3 is 2.67 bits per heavy atom. The van der Waals surface area contributed by atoms with Gasteiger partial charge >= 0.3 is 0 Å². The molecule has 0 saturated heterocycles. The first kappa shape index (κ1) is 31.9. The summed E-state index contributed by atoms with van der Waals surface area (Å²) in [6, 6.07) is 6.45. The Hall–Kier alpha value is -3.02. The zero-order valence-corrected chi connectivity index (χ0v) is 27.3. The van der Waals surface area contributed by atoms with Crippen molar-refractivity contribution in [1.29, 1.82) is 0 Å². The lowest BCUT2D eigenvalue weighted by Gasteiger charge is -2.52. The van der Waals surface area contributed by atoms with E-state index in [-0.39, 0.29) is 40.9 Å². The molecular weight excluding hydrogens is 621 g/mol. The lowest BCUT2D eigenvalue weighted by Crippen LogP contribution is -2.56. The van der Waals surface area contributed by atoms with E-state index < -0.39 is 32.6 Å². The highest BCUT2D eigenvalue weighted by Crippen LogP contribution is 2.52. The molecule has 1 aromatic heterocycles. The first-order valence-electron chi connectivity index (χ1n) is 15.6. The molecule has 45 heavy (non-hydrogen) atoms. The number of halogens is 2. The average Bonchev–Trinajstić information content (AvgIpc) is 3.01. The summed E-state index contributed by atoms with van der Waals surface area (Å²) >= 11 is 6.20. The van der Waals surface area contributed by atoms with Crippen molar-refractivity contribution in [3.05, 3.63) is 63.6 Å². The van der Waals surface area contributed by atoms with Crippen LogP contribution in [0.2, 0.25) is 5.02 Å². The highest BCUT2D eigenvalue weighted by Gasteiger charge is 2.53. The first-order valence-corrected chi connectivity index (χ1v) is 17.5. The molecule has 242 valence electrons. The third kappa shape index (κ3) is 5.65. The number of methoxy groups -OCH3 is 1. The Labute approximate surface area is 268 Å². The van der Waals surface area contributed by atoms with Crippen LogP contribution in [0.5, 0.6) is 5.75 Å². The van der Waals surface area contributed by atoms with Crippen LogP contribution in [0.25, 0.3) is 0 Å². The SMILES string of the molecule is CO[C@@]1(C=O)C2=C[C@@H](C2)[C@H](C)[C@@H](C)S(=O)(=O)NC(=O)c2ccc3c(n2)N(Cc2ccc(Cl)c(F)c2CCCCO3)C[C@@H]2CC[C@H]21. The highest BCUT2D eigenvalue weighted by atomic mass is 35.5. The molecule has 6 atom stereocenters. The summed E-state index contributed by atoms with van der Waals surface area (Å²) in [4.78, 5) is 32.9. The lowest BCUT2D eigenvalue weighted by molar-refractivity contribution is -0.139. The molecule has 0 radical (unpaired) electrons. The molecular formula is C33H39ClFN3O6S. The number of nitrogens with one attached hydrogen (secondary N) is 1. The minimum absolute atomic E-state index is 0.0117. The van der Waals surface area contributed by atoms with Gasteiger partial charge in [-0.1, -0.05) is 30.7 Å². The van der Waals surface area contributed by atoms with Crippen molar-refractivity contribution in [2.75, 3.05) is 25.2 Å². The molecule has 2 aromatic rings. The quantitative estimate of drug-likeness (QED) is 0.344. The zero-order valence-electron chi connectivity index (χ0n) is 25.7. The van der Waals surface area contributed by atoms with Crippen LogP contribution in [0, 0.1) is 29.5 Å². The van der Waals surface area contributed by atoms with Gasteiger partial charge in [-0.3, -0.25) is 9.59 Å². The number of aromatic nitrogens is 1. The maximum absolute atomic E-state index is 15.4. The fourth-order valence-electron chi connectivity index (χ4n) is 7.35. The Bertz CT molecular complexity index is 1650. The van der Waals surface area contributed by atoms with Crippen LogP contribution >= 0.6 is 11.6 Å². The van der Waals surface area contributed by atoms with E-state index in [9.17, 15) is 18.0 Å². The van der Waals surface area contributed by atoms with Crippen molar-refractivity contribution < 1.29 is 31.9 Å². The molecule has 4 bridgehead atoms. The molecule has 12 heteroatoms. The van der Waals surface area contributed by atoms with Crippen LogP contribution in [-0.4, -0.2) is 56.7 Å². The number of anilines is 1. The van der Waals surface area contributed by atoms with Gasteiger partial charge < -0.3 is 14.4 Å². The number of rotatable bonds is 2. The van der Waals surface area contributed by atoms with Gasteiger partial charge in [0.2, 0.25) is 10.0 Å². The molecule has 1 amide bonds. The predicted molar refractivity (Wildman–Crippen MR) is 168 cm³/mol. The molecule has 1 saturated carbocycles. The number of benzene rings is 1. The standard InChI is InChI=1S/C33H39ClFN3O6S/c1-19-20(2)45(41,42)37-32(40)28-11-12-29-31(36-28)38(16-21-8-10-27(34)30(35)25(21)6-4-5-13-44-29)17-22-7-9-26(22)33(18-39,43-3)24-14-23(19)15-24/h8,10-12,14,18-20,22-23,26H,4-7,9,13,15-17H2,1-3H3,(H,37,40)/t19-,20-,22+,23+,26-,33+/m1/s1. The van der Waals surface area contributed by atoms with Gasteiger partial charge in [-0.2, -0.15) is 0 Å². The largest absolute Gasteiger partial charge is 0.490 e. The van der Waals surface area contributed by atoms with Crippen molar-refractivity contribution in [1.82, 2.24) is 9.71 Å². The van der Waals surface area contributed by atoms with Crippen LogP contribution in [0.4, 0.5) is 10.2 Å². The molecule has 2 aliphatic carbocycles. The van der Waals surface area contributed by atoms with E-state index in [1.54, 1.807) is 26.2 Å². The Balaban J connectivity index is 1.50. The van der Waals surface area contributed by atoms with E-state index >= 15 is 4.39 Å². The van der Waals surface area contributed by atoms with Crippen molar-refractivity contribution in [2.45, 2.75) is 69.8 Å². The van der Waals surface area contributed by atoms with Crippen LogP contribution in [0.1, 0.15) is 67.6 Å². The van der Waals surface area contributed by atoms with Gasteiger partial charge in [-0.15, -0.1) is 0 Å². The highest BCUT2D eigenvalue weighted by molar-refractivity contribution is 7.90. The second-order valence-electron chi connectivity index (χ2n) is 12.9. The number of hydrogen-bond donors (Lipinski definition) is 1. The summed E-state index contributed by atoms with van der Waals surface area (Å²) in [6.45, 7) is 4.43. The zero-order chi connectivity index (χ0) is 32.1. The number of pyridine rings is 1. The van der Waals surface area contributed by atoms with Gasteiger partial charge in [-0.05, 0) is 98.1 Å². The van der Waals surface area contributed by atoms with Gasteiger partial charge in [0.1, 0.15) is 17.1 Å². The summed E-state index contributed by atoms with van der Waals surface area (Å²) < 4.78 is 56.6. The third-order valence-electron chi connectivity index (χ3n) is 10.6. The molecule has 0 unspecified atom stereocenters. The van der Waals surface area contributed by atoms with Gasteiger partial charge in [0.25, 0.3) is 5.91 Å². The Morgan fingerprint density at radius 2 is 1.98 bits per heavy atom. The van der Waals surface area contributed by atoms with Crippen molar-refractivity contribution in [3.63, 3.8) is 0 Å². The minimum atomic E-state index is -4.07. The number of carbonyl (C=O) groups is 2. The van der Waals surface area contributed by atoms with Gasteiger partial charge in [-0.25, -0.2) is 22.5 Å². The van der Waals surface area contributed by atoms with Crippen LogP contribution in [0.3, 0.4) is 0 Å². The Morgan fingerprint density at radius 1 is 1.20 bits per heavy atom. The van der Waals surface area contributed by atoms with Gasteiger partial charge in [0, 0.05) is 26.1 Å². The molecule has 0 spiro atoms. The maximum atomic E-state index is 15.4. The average molecular weight is 660 g/mol. The number of carbonyl (C=O) groups excluding carboxylic acids is 2. The monoisotopic (exact) mass is 659 g/mol. The number of amides is 1. The molecule has 4 heterocycles. The molecule has 1 fully saturated rings. The van der Waals surface area contributed by atoms with E-state index in [0.717, 1.165) is 30.3 Å². The smallest absolute Gasteiger partial charge is 0.283 e. The van der Waals surface area contributed by atoms with E-state index in [2.05, 4.69) is 9.71 Å². The molecule has 5 aliphatic rings. The second-order valence-corrected chi connectivity index (χ2v) is 15.3. The van der Waals surface area contributed by atoms with Crippen LogP contribution in [-0.2, 0) is 32.5 Å². The lowest BCUT2D eigenvalue weighted by atomic mass is 9.58. The number of nitrogens with zero attached hydrogens (tertiary/aromatic N) is 2. The molecule has 1 aromatic carbocycles. The van der Waals surface area contributed by atoms with Crippen molar-refractivity contribution in [3.8, 4) is 5.75 Å². The molecule has 1 N–H and O–H groups in total. The van der Waals surface area contributed by atoms with Crippen LogP contribution < -0.4 is 14.4 Å². The van der Waals surface area contributed by atoms with Crippen LogP contribution in [0.15, 0.2) is 35.9 Å². The molecule has 7 rings (SSSR count). The number of aldehydes is 1. The third-order valence-corrected chi connectivity index (χ3v) is 12.7. The molecule has 3 aliphatic heterocycles. The minimum Gasteiger partial charge on any atom is -0.490 e. The van der Waals surface area contributed by atoms with Crippen molar-refractivity contribution in [2.24, 2.45) is 23.7 Å². The summed E-state index contributed by atoms with van der Waals surface area (Å²) in [5, 5.41) is -0.836. The fraction of sp³-hybridized carbons (Fsp3) is 0.545. The number of fused-ring (bicyclic) bond motifs is 5. The normalized spacial score (nSPS) is 31.3. The van der Waals surface area contributed by atoms with E-state index in [0.29, 0.717) is 56.0 Å². The second kappa shape index (κ2) is 12.3.